The first-order valence-electron chi connectivity index (χ1n) is 6.01. The van der Waals surface area contributed by atoms with Gasteiger partial charge < -0.3 is 10.6 Å². The van der Waals surface area contributed by atoms with Crippen LogP contribution in [0.5, 0.6) is 0 Å². The minimum Gasteiger partial charge on any atom is -0.326 e. The topological polar surface area (TPSA) is 41.1 Å². The number of benzene rings is 1. The Bertz CT molecular complexity index is 432. The van der Waals surface area contributed by atoms with Gasteiger partial charge in [-0.1, -0.05) is 19.1 Å². The summed E-state index contributed by atoms with van der Waals surface area (Å²) in [5, 5.41) is 5.44. The highest BCUT2D eigenvalue weighted by atomic mass is 19.4. The minimum atomic E-state index is -4.49. The van der Waals surface area contributed by atoms with Crippen LogP contribution in [0, 0.1) is 0 Å². The van der Waals surface area contributed by atoms with E-state index in [9.17, 15) is 18.0 Å². The van der Waals surface area contributed by atoms with Crippen molar-refractivity contribution >= 4 is 11.6 Å². The van der Waals surface area contributed by atoms with Crippen LogP contribution in [0.4, 0.5) is 18.9 Å². The molecule has 1 amide bonds. The van der Waals surface area contributed by atoms with Crippen molar-refractivity contribution in [2.45, 2.75) is 32.5 Å². The zero-order chi connectivity index (χ0) is 14.5. The lowest BCUT2D eigenvalue weighted by molar-refractivity contribution is -0.150. The molecule has 1 aromatic rings. The van der Waals surface area contributed by atoms with E-state index in [0.717, 1.165) is 12.1 Å². The molecule has 1 rings (SSSR count). The number of amides is 1. The number of carbonyl (C=O) groups is 1. The molecule has 19 heavy (non-hydrogen) atoms. The van der Waals surface area contributed by atoms with Crippen molar-refractivity contribution in [1.29, 1.82) is 0 Å². The molecule has 1 atom stereocenters. The van der Waals surface area contributed by atoms with E-state index in [1.807, 2.05) is 19.9 Å². The summed E-state index contributed by atoms with van der Waals surface area (Å²) in [5.41, 5.74) is 1.28. The van der Waals surface area contributed by atoms with Gasteiger partial charge in [-0.25, -0.2) is 0 Å². The summed E-state index contributed by atoms with van der Waals surface area (Å²) in [6, 6.07) is 6.86. The average Bonchev–Trinajstić information content (AvgIpc) is 2.27. The van der Waals surface area contributed by atoms with Crippen LogP contribution >= 0.6 is 0 Å². The Morgan fingerprint density at radius 3 is 2.63 bits per heavy atom. The molecule has 0 heterocycles. The Morgan fingerprint density at radius 1 is 1.37 bits per heavy atom. The van der Waals surface area contributed by atoms with Crippen molar-refractivity contribution in [3.63, 3.8) is 0 Å². The number of rotatable bonds is 5. The molecule has 0 fully saturated rings. The summed E-state index contributed by atoms with van der Waals surface area (Å²) in [7, 11) is 0. The molecule has 0 radical (unpaired) electrons. The molecule has 0 aliphatic carbocycles. The Morgan fingerprint density at radius 2 is 2.05 bits per heavy atom. The largest absolute Gasteiger partial charge is 0.397 e. The van der Waals surface area contributed by atoms with E-state index in [4.69, 9.17) is 0 Å². The van der Waals surface area contributed by atoms with Gasteiger partial charge in [-0.3, -0.25) is 4.79 Å². The smallest absolute Gasteiger partial charge is 0.326 e. The van der Waals surface area contributed by atoms with Gasteiger partial charge in [0.05, 0.1) is 0 Å². The Labute approximate surface area is 110 Å². The molecule has 0 aliphatic rings. The third-order valence-corrected chi connectivity index (χ3v) is 2.54. The highest BCUT2D eigenvalue weighted by Crippen LogP contribution is 2.21. The van der Waals surface area contributed by atoms with E-state index in [-0.39, 0.29) is 6.04 Å². The van der Waals surface area contributed by atoms with Crippen molar-refractivity contribution in [2.24, 2.45) is 0 Å². The van der Waals surface area contributed by atoms with Gasteiger partial charge in [0.15, 0.2) is 0 Å². The van der Waals surface area contributed by atoms with E-state index in [1.165, 1.54) is 0 Å². The number of alkyl halides is 3. The first-order valence-corrected chi connectivity index (χ1v) is 6.01. The average molecular weight is 274 g/mol. The Kier molecular flexibility index (Phi) is 5.35. The van der Waals surface area contributed by atoms with Crippen molar-refractivity contribution < 1.29 is 18.0 Å². The predicted molar refractivity (Wildman–Crippen MR) is 67.8 cm³/mol. The fourth-order valence-corrected chi connectivity index (χ4v) is 1.70. The fourth-order valence-electron chi connectivity index (χ4n) is 1.70. The molecule has 0 aliphatic heterocycles. The van der Waals surface area contributed by atoms with Crippen LogP contribution in [0.25, 0.3) is 0 Å². The molecule has 1 aromatic carbocycles. The van der Waals surface area contributed by atoms with Gasteiger partial charge in [-0.15, -0.1) is 0 Å². The first kappa shape index (κ1) is 15.5. The molecule has 0 aromatic heterocycles. The molecule has 3 nitrogen and oxygen atoms in total. The molecular formula is C13H17F3N2O. The number of hydrogen-bond donors (Lipinski definition) is 2. The number of carbonyl (C=O) groups excluding carboxylic acids is 1. The van der Waals surface area contributed by atoms with Crippen LogP contribution in [0.15, 0.2) is 24.3 Å². The minimum absolute atomic E-state index is 0.0736. The summed E-state index contributed by atoms with van der Waals surface area (Å²) >= 11 is 0. The molecule has 106 valence electrons. The number of nitrogens with one attached hydrogen (secondary N) is 2. The van der Waals surface area contributed by atoms with Gasteiger partial charge in [0, 0.05) is 11.7 Å². The lowest BCUT2D eigenvalue weighted by Gasteiger charge is -2.14. The lowest BCUT2D eigenvalue weighted by atomic mass is 10.1. The van der Waals surface area contributed by atoms with Gasteiger partial charge >= 0.3 is 6.18 Å². The van der Waals surface area contributed by atoms with Crippen molar-refractivity contribution in [2.75, 3.05) is 11.9 Å². The van der Waals surface area contributed by atoms with E-state index in [0.29, 0.717) is 5.69 Å². The van der Waals surface area contributed by atoms with Crippen LogP contribution in [-0.2, 0) is 4.79 Å². The van der Waals surface area contributed by atoms with Crippen molar-refractivity contribution in [3.8, 4) is 0 Å². The SMILES string of the molecule is CCNC(C)c1cccc(NC(=O)CC(F)(F)F)c1. The first-order chi connectivity index (χ1) is 8.81. The van der Waals surface area contributed by atoms with Crippen LogP contribution in [0.3, 0.4) is 0 Å². The van der Waals surface area contributed by atoms with E-state index in [2.05, 4.69) is 10.6 Å². The van der Waals surface area contributed by atoms with E-state index < -0.39 is 18.5 Å². The van der Waals surface area contributed by atoms with Crippen molar-refractivity contribution in [1.82, 2.24) is 5.32 Å². The van der Waals surface area contributed by atoms with Crippen LogP contribution in [0.1, 0.15) is 31.9 Å². The van der Waals surface area contributed by atoms with Crippen LogP contribution < -0.4 is 10.6 Å². The van der Waals surface area contributed by atoms with Gasteiger partial charge in [-0.2, -0.15) is 13.2 Å². The zero-order valence-electron chi connectivity index (χ0n) is 10.8. The van der Waals surface area contributed by atoms with Crippen LogP contribution in [0.2, 0.25) is 0 Å². The van der Waals surface area contributed by atoms with Crippen LogP contribution in [-0.4, -0.2) is 18.6 Å². The summed E-state index contributed by atoms with van der Waals surface area (Å²) in [6.45, 7) is 4.69. The number of hydrogen-bond acceptors (Lipinski definition) is 2. The number of anilines is 1. The molecule has 0 spiro atoms. The lowest BCUT2D eigenvalue weighted by Crippen LogP contribution is -2.21. The highest BCUT2D eigenvalue weighted by Gasteiger charge is 2.31. The van der Waals surface area contributed by atoms with Gasteiger partial charge in [-0.05, 0) is 31.2 Å². The molecule has 6 heteroatoms. The van der Waals surface area contributed by atoms with Gasteiger partial charge in [0.1, 0.15) is 6.42 Å². The maximum absolute atomic E-state index is 12.0. The quantitative estimate of drug-likeness (QED) is 0.865. The van der Waals surface area contributed by atoms with Gasteiger partial charge in [0.2, 0.25) is 5.91 Å². The second-order valence-corrected chi connectivity index (χ2v) is 4.24. The van der Waals surface area contributed by atoms with Crippen molar-refractivity contribution in [3.05, 3.63) is 29.8 Å². The summed E-state index contributed by atoms with van der Waals surface area (Å²) in [4.78, 5) is 11.2. The van der Waals surface area contributed by atoms with E-state index >= 15 is 0 Å². The molecule has 0 saturated carbocycles. The summed E-state index contributed by atoms with van der Waals surface area (Å²) in [5.74, 6) is -1.05. The van der Waals surface area contributed by atoms with Gasteiger partial charge in [0.25, 0.3) is 0 Å². The fraction of sp³-hybridized carbons (Fsp3) is 0.462. The molecule has 0 bridgehead atoms. The molecule has 1 unspecified atom stereocenters. The predicted octanol–water partition coefficient (Wildman–Crippen LogP) is 3.25. The summed E-state index contributed by atoms with van der Waals surface area (Å²) in [6.07, 6.45) is -5.96. The normalized spacial score (nSPS) is 13.1. The summed E-state index contributed by atoms with van der Waals surface area (Å²) < 4.78 is 36.1. The third kappa shape index (κ3) is 5.74. The second-order valence-electron chi connectivity index (χ2n) is 4.24. The number of halogens is 3. The Balaban J connectivity index is 2.69. The highest BCUT2D eigenvalue weighted by molar-refractivity contribution is 5.91. The molecule has 2 N–H and O–H groups in total. The maximum atomic E-state index is 12.0. The second kappa shape index (κ2) is 6.56. The molecule has 0 saturated heterocycles. The monoisotopic (exact) mass is 274 g/mol. The standard InChI is InChI=1S/C13H17F3N2O/c1-3-17-9(2)10-5-4-6-11(7-10)18-12(19)8-13(14,15)16/h4-7,9,17H,3,8H2,1-2H3,(H,18,19). The maximum Gasteiger partial charge on any atom is 0.397 e. The van der Waals surface area contributed by atoms with E-state index in [1.54, 1.807) is 18.2 Å². The third-order valence-electron chi connectivity index (χ3n) is 2.54. The zero-order valence-corrected chi connectivity index (χ0v) is 10.8. The molecular weight excluding hydrogens is 257 g/mol. The Hall–Kier alpha value is -1.56.